The number of halogens is 2. The molecule has 0 atom stereocenters. The first-order chi connectivity index (χ1) is 9.85. The Hall–Kier alpha value is -0.960. The van der Waals surface area contributed by atoms with Crippen LogP contribution >= 0.6 is 0 Å². The molecule has 1 aromatic rings. The monoisotopic (exact) mass is 295 g/mol. The van der Waals surface area contributed by atoms with Gasteiger partial charge in [0.1, 0.15) is 0 Å². The zero-order valence-corrected chi connectivity index (χ0v) is 13.6. The Labute approximate surface area is 127 Å². The van der Waals surface area contributed by atoms with Crippen molar-refractivity contribution in [3.63, 3.8) is 0 Å². The van der Waals surface area contributed by atoms with Gasteiger partial charge in [0.05, 0.1) is 0 Å². The van der Waals surface area contributed by atoms with Gasteiger partial charge in [0.2, 0.25) is 0 Å². The molecule has 1 saturated carbocycles. The van der Waals surface area contributed by atoms with Gasteiger partial charge in [-0.1, -0.05) is 26.0 Å². The van der Waals surface area contributed by atoms with Crippen LogP contribution in [-0.4, -0.2) is 24.5 Å². The van der Waals surface area contributed by atoms with Crippen molar-refractivity contribution >= 4 is 0 Å². The zero-order valence-electron chi connectivity index (χ0n) is 13.6. The molecule has 0 aliphatic heterocycles. The van der Waals surface area contributed by atoms with E-state index in [4.69, 9.17) is 0 Å². The molecule has 1 nitrogen and oxygen atoms in total. The summed E-state index contributed by atoms with van der Waals surface area (Å²) < 4.78 is 27.4. The Balaban J connectivity index is 2.19. The predicted molar refractivity (Wildman–Crippen MR) is 83.3 cm³/mol. The third-order valence-corrected chi connectivity index (χ3v) is 5.40. The van der Waals surface area contributed by atoms with Gasteiger partial charge in [0, 0.05) is 5.54 Å². The highest BCUT2D eigenvalue weighted by molar-refractivity contribution is 5.22. The minimum atomic E-state index is -0.739. The zero-order chi connectivity index (χ0) is 15.6. The minimum absolute atomic E-state index is 0.0416. The average molecular weight is 295 g/mol. The molecule has 1 aliphatic carbocycles. The van der Waals surface area contributed by atoms with Crippen molar-refractivity contribution in [3.8, 4) is 0 Å². The Morgan fingerprint density at radius 1 is 1.19 bits per heavy atom. The summed E-state index contributed by atoms with van der Waals surface area (Å²) in [6.45, 7) is 4.55. The van der Waals surface area contributed by atoms with Gasteiger partial charge in [-0.15, -0.1) is 0 Å². The summed E-state index contributed by atoms with van der Waals surface area (Å²) in [5.41, 5.74) is 0.465. The molecule has 118 valence electrons. The van der Waals surface area contributed by atoms with Crippen LogP contribution in [0.15, 0.2) is 18.2 Å². The molecule has 0 amide bonds. The van der Waals surface area contributed by atoms with E-state index in [1.807, 2.05) is 0 Å². The maximum absolute atomic E-state index is 14.0. The second kappa shape index (κ2) is 6.43. The second-order valence-corrected chi connectivity index (χ2v) is 7.09. The molecule has 2 rings (SSSR count). The second-order valence-electron chi connectivity index (χ2n) is 7.09. The quantitative estimate of drug-likeness (QED) is 0.781. The molecule has 3 heteroatoms. The molecule has 21 heavy (non-hydrogen) atoms. The van der Waals surface area contributed by atoms with Crippen LogP contribution in [0.1, 0.15) is 45.1 Å². The molecular weight excluding hydrogens is 268 g/mol. The van der Waals surface area contributed by atoms with E-state index in [1.54, 1.807) is 12.1 Å². The number of hydrogen-bond acceptors (Lipinski definition) is 1. The molecule has 1 aliphatic rings. The third-order valence-electron chi connectivity index (χ3n) is 5.40. The van der Waals surface area contributed by atoms with E-state index in [9.17, 15) is 8.78 Å². The summed E-state index contributed by atoms with van der Waals surface area (Å²) in [4.78, 5) is 2.22. The topological polar surface area (TPSA) is 3.24 Å². The van der Waals surface area contributed by atoms with Crippen LogP contribution in [0.25, 0.3) is 0 Å². The molecular formula is C18H27F2N. The normalized spacial score (nSPS) is 26.6. The van der Waals surface area contributed by atoms with Gasteiger partial charge < -0.3 is 4.90 Å². The van der Waals surface area contributed by atoms with Gasteiger partial charge in [-0.2, -0.15) is 0 Å². The summed E-state index contributed by atoms with van der Waals surface area (Å²) in [6, 6.07) is 4.52. The number of hydrogen-bond donors (Lipinski definition) is 0. The summed E-state index contributed by atoms with van der Waals surface area (Å²) in [7, 11) is 4.12. The molecule has 1 fully saturated rings. The first kappa shape index (κ1) is 16.4. The molecule has 0 unspecified atom stereocenters. The van der Waals surface area contributed by atoms with Crippen molar-refractivity contribution in [1.29, 1.82) is 0 Å². The van der Waals surface area contributed by atoms with E-state index in [0.29, 0.717) is 17.9 Å². The van der Waals surface area contributed by atoms with Crippen LogP contribution in [0.3, 0.4) is 0 Å². The number of nitrogens with zero attached hydrogens (tertiary/aromatic N) is 1. The lowest BCUT2D eigenvalue weighted by atomic mass is 9.70. The molecule has 1 aromatic carbocycles. The van der Waals surface area contributed by atoms with Crippen LogP contribution in [-0.2, 0) is 6.42 Å². The van der Waals surface area contributed by atoms with Crippen LogP contribution in [0.4, 0.5) is 8.78 Å². The number of benzene rings is 1. The van der Waals surface area contributed by atoms with Crippen LogP contribution in [0.5, 0.6) is 0 Å². The van der Waals surface area contributed by atoms with Gasteiger partial charge in [-0.25, -0.2) is 8.78 Å². The van der Waals surface area contributed by atoms with Crippen molar-refractivity contribution in [2.24, 2.45) is 11.8 Å². The fourth-order valence-corrected chi connectivity index (χ4v) is 3.67. The Bertz CT molecular complexity index is 474. The SMILES string of the molecule is CC(C)C1CCC(Cc2cccc(F)c2F)(N(C)C)CC1. The summed E-state index contributed by atoms with van der Waals surface area (Å²) in [5.74, 6) is 0.0495. The van der Waals surface area contributed by atoms with Gasteiger partial charge in [0.25, 0.3) is 0 Å². The highest BCUT2D eigenvalue weighted by atomic mass is 19.2. The van der Waals surface area contributed by atoms with E-state index in [1.165, 1.54) is 18.9 Å². The molecule has 0 heterocycles. The maximum Gasteiger partial charge on any atom is 0.162 e. The first-order valence-corrected chi connectivity index (χ1v) is 7.96. The van der Waals surface area contributed by atoms with Gasteiger partial charge in [-0.05, 0) is 69.7 Å². The molecule has 0 saturated heterocycles. The molecule has 0 radical (unpaired) electrons. The Kier molecular flexibility index (Phi) is 5.03. The van der Waals surface area contributed by atoms with E-state index in [-0.39, 0.29) is 5.54 Å². The third kappa shape index (κ3) is 3.45. The molecule has 0 bridgehead atoms. The van der Waals surface area contributed by atoms with E-state index >= 15 is 0 Å². The highest BCUT2D eigenvalue weighted by Gasteiger charge is 2.38. The molecule has 0 aromatic heterocycles. The highest BCUT2D eigenvalue weighted by Crippen LogP contribution is 2.40. The Morgan fingerprint density at radius 3 is 2.33 bits per heavy atom. The molecule has 0 N–H and O–H groups in total. The standard InChI is InChI=1S/C18H27F2N/c1-13(2)14-8-10-18(11-9-14,21(3)4)12-15-6-5-7-16(19)17(15)20/h5-7,13-14H,8-12H2,1-4H3. The lowest BCUT2D eigenvalue weighted by molar-refractivity contribution is 0.0674. The van der Waals surface area contributed by atoms with Crippen molar-refractivity contribution in [2.45, 2.75) is 51.5 Å². The van der Waals surface area contributed by atoms with Gasteiger partial charge >= 0.3 is 0 Å². The van der Waals surface area contributed by atoms with E-state index < -0.39 is 11.6 Å². The fraction of sp³-hybridized carbons (Fsp3) is 0.667. The van der Waals surface area contributed by atoms with E-state index in [2.05, 4.69) is 32.8 Å². The minimum Gasteiger partial charge on any atom is -0.303 e. The summed E-state index contributed by atoms with van der Waals surface area (Å²) in [6.07, 6.45) is 5.05. The van der Waals surface area contributed by atoms with Crippen molar-refractivity contribution in [1.82, 2.24) is 4.90 Å². The molecule has 0 spiro atoms. The number of rotatable bonds is 4. The van der Waals surface area contributed by atoms with Gasteiger partial charge in [-0.3, -0.25) is 0 Å². The Morgan fingerprint density at radius 2 is 1.81 bits per heavy atom. The maximum atomic E-state index is 14.0. The van der Waals surface area contributed by atoms with Crippen molar-refractivity contribution in [2.75, 3.05) is 14.1 Å². The smallest absolute Gasteiger partial charge is 0.162 e. The summed E-state index contributed by atoms with van der Waals surface area (Å²) >= 11 is 0. The van der Waals surface area contributed by atoms with Crippen molar-refractivity contribution in [3.05, 3.63) is 35.4 Å². The average Bonchev–Trinajstić information content (AvgIpc) is 2.44. The predicted octanol–water partition coefficient (Wildman–Crippen LogP) is 4.65. The van der Waals surface area contributed by atoms with Crippen LogP contribution in [0.2, 0.25) is 0 Å². The fourth-order valence-electron chi connectivity index (χ4n) is 3.67. The van der Waals surface area contributed by atoms with Crippen LogP contribution in [0, 0.1) is 23.5 Å². The first-order valence-electron chi connectivity index (χ1n) is 7.96. The largest absolute Gasteiger partial charge is 0.303 e. The lowest BCUT2D eigenvalue weighted by Gasteiger charge is -2.46. The van der Waals surface area contributed by atoms with Gasteiger partial charge in [0.15, 0.2) is 11.6 Å². The lowest BCUT2D eigenvalue weighted by Crippen LogP contribution is -2.49. The number of likely N-dealkylation sites (N-methyl/N-ethyl adjacent to an activating group) is 1. The summed E-state index contributed by atoms with van der Waals surface area (Å²) in [5, 5.41) is 0. The van der Waals surface area contributed by atoms with E-state index in [0.717, 1.165) is 18.8 Å². The van der Waals surface area contributed by atoms with Crippen molar-refractivity contribution < 1.29 is 8.78 Å². The van der Waals surface area contributed by atoms with Crippen LogP contribution < -0.4 is 0 Å².